The molecular weight excluding hydrogens is 200 g/mol. The van der Waals surface area contributed by atoms with E-state index in [-0.39, 0.29) is 5.48 Å². The number of hydrogen-bond acceptors (Lipinski definition) is 1. The van der Waals surface area contributed by atoms with E-state index in [1.165, 1.54) is 11.1 Å². The molecule has 2 aromatic carbocycles. The predicted molar refractivity (Wildman–Crippen MR) is 65.6 cm³/mol. The third kappa shape index (κ3) is 2.55. The van der Waals surface area contributed by atoms with E-state index in [1.54, 1.807) is 0 Å². The van der Waals surface area contributed by atoms with E-state index in [2.05, 4.69) is 31.2 Å². The van der Waals surface area contributed by atoms with Crippen LogP contribution in [0.25, 0.3) is 11.1 Å². The van der Waals surface area contributed by atoms with E-state index in [0.29, 0.717) is 5.56 Å². The second-order valence-corrected chi connectivity index (χ2v) is 3.61. The Morgan fingerprint density at radius 2 is 1.25 bits per heavy atom. The monoisotopic (exact) mass is 214 g/mol. The van der Waals surface area contributed by atoms with Gasteiger partial charge in [-0.2, -0.15) is 0 Å². The number of aldehydes is 1. The lowest BCUT2D eigenvalue weighted by atomic mass is 10.0. The van der Waals surface area contributed by atoms with E-state index in [1.807, 2.05) is 24.3 Å². The molecule has 0 spiro atoms. The molecule has 0 aliphatic rings. The van der Waals surface area contributed by atoms with Gasteiger partial charge in [-0.1, -0.05) is 54.1 Å². The molecule has 0 aromatic heterocycles. The minimum atomic E-state index is 0. The Morgan fingerprint density at radius 1 is 0.812 bits per heavy atom. The van der Waals surface area contributed by atoms with Crippen molar-refractivity contribution in [2.75, 3.05) is 0 Å². The molecule has 2 heteroatoms. The fraction of sp³-hybridized carbons (Fsp3) is 0.0714. The lowest BCUT2D eigenvalue weighted by Crippen LogP contribution is -1.81. The normalized spacial score (nSPS) is 9.31. The third-order valence-electron chi connectivity index (χ3n) is 2.43. The van der Waals surface area contributed by atoms with Crippen LogP contribution in [0.1, 0.15) is 15.9 Å². The van der Waals surface area contributed by atoms with Crippen LogP contribution in [0.5, 0.6) is 0 Å². The lowest BCUT2D eigenvalue weighted by Gasteiger charge is -2.02. The van der Waals surface area contributed by atoms with Crippen LogP contribution in [-0.4, -0.2) is 11.8 Å². The Balaban J connectivity index is 0.00000128. The fourth-order valence-corrected chi connectivity index (χ4v) is 1.50. The molecule has 0 atom stereocenters. The second-order valence-electron chi connectivity index (χ2n) is 3.61. The van der Waals surface area contributed by atoms with Gasteiger partial charge in [0.1, 0.15) is 6.29 Å². The van der Waals surface area contributed by atoms with Gasteiger partial charge >= 0.3 is 0 Å². The molecule has 0 fully saturated rings. The second kappa shape index (κ2) is 5.24. The summed E-state index contributed by atoms with van der Waals surface area (Å²) in [5, 5.41) is 0. The number of hydrogen-bond donors (Lipinski definition) is 0. The Bertz CT molecular complexity index is 455. The van der Waals surface area contributed by atoms with E-state index in [9.17, 15) is 4.79 Å². The Hall–Kier alpha value is -1.93. The first kappa shape index (κ1) is 12.1. The first-order chi connectivity index (χ1) is 7.29. The van der Waals surface area contributed by atoms with Gasteiger partial charge in [0, 0.05) is 5.56 Å². The number of rotatable bonds is 2. The lowest BCUT2D eigenvalue weighted by molar-refractivity contribution is 0.112. The topological polar surface area (TPSA) is 48.6 Å². The molecule has 2 N–H and O–H groups in total. The molecule has 0 aliphatic heterocycles. The van der Waals surface area contributed by atoms with Gasteiger partial charge in [-0.05, 0) is 18.1 Å². The highest BCUT2D eigenvalue weighted by molar-refractivity contribution is 5.76. The Kier molecular flexibility index (Phi) is 3.97. The molecule has 0 radical (unpaired) electrons. The average molecular weight is 214 g/mol. The van der Waals surface area contributed by atoms with Crippen LogP contribution in [0.4, 0.5) is 0 Å². The van der Waals surface area contributed by atoms with Crippen LogP contribution in [0.3, 0.4) is 0 Å². The minimum Gasteiger partial charge on any atom is -0.412 e. The highest BCUT2D eigenvalue weighted by Gasteiger charge is 1.96. The van der Waals surface area contributed by atoms with Gasteiger partial charge in [-0.15, -0.1) is 0 Å². The maximum atomic E-state index is 10.5. The van der Waals surface area contributed by atoms with Gasteiger partial charge in [-0.3, -0.25) is 4.79 Å². The quantitative estimate of drug-likeness (QED) is 0.709. The molecule has 0 unspecified atom stereocenters. The Labute approximate surface area is 94.9 Å². The third-order valence-corrected chi connectivity index (χ3v) is 2.43. The number of carbonyl (C=O) groups excluding carboxylic acids is 1. The summed E-state index contributed by atoms with van der Waals surface area (Å²) >= 11 is 0. The zero-order chi connectivity index (χ0) is 10.7. The molecule has 0 saturated heterocycles. The van der Waals surface area contributed by atoms with Gasteiger partial charge in [-0.25, -0.2) is 0 Å². The first-order valence-corrected chi connectivity index (χ1v) is 4.92. The summed E-state index contributed by atoms with van der Waals surface area (Å²) in [6.07, 6.45) is 0.860. The van der Waals surface area contributed by atoms with Crippen LogP contribution in [-0.2, 0) is 0 Å². The van der Waals surface area contributed by atoms with Crippen molar-refractivity contribution in [3.63, 3.8) is 0 Å². The average Bonchev–Trinajstić information content (AvgIpc) is 2.30. The molecule has 0 bridgehead atoms. The Morgan fingerprint density at radius 3 is 1.69 bits per heavy atom. The van der Waals surface area contributed by atoms with Crippen molar-refractivity contribution in [3.05, 3.63) is 59.7 Å². The van der Waals surface area contributed by atoms with Crippen molar-refractivity contribution in [2.24, 2.45) is 0 Å². The summed E-state index contributed by atoms with van der Waals surface area (Å²) in [7, 11) is 0. The zero-order valence-corrected chi connectivity index (χ0v) is 9.10. The molecule has 0 saturated carbocycles. The minimum absolute atomic E-state index is 0. The van der Waals surface area contributed by atoms with Crippen molar-refractivity contribution in [3.8, 4) is 11.1 Å². The van der Waals surface area contributed by atoms with E-state index in [0.717, 1.165) is 11.8 Å². The summed E-state index contributed by atoms with van der Waals surface area (Å²) in [6, 6.07) is 16.0. The van der Waals surface area contributed by atoms with Gasteiger partial charge in [0.15, 0.2) is 0 Å². The smallest absolute Gasteiger partial charge is 0.150 e. The van der Waals surface area contributed by atoms with Crippen LogP contribution < -0.4 is 0 Å². The molecule has 0 amide bonds. The van der Waals surface area contributed by atoms with E-state index < -0.39 is 0 Å². The van der Waals surface area contributed by atoms with E-state index >= 15 is 0 Å². The summed E-state index contributed by atoms with van der Waals surface area (Å²) in [6.45, 7) is 2.07. The van der Waals surface area contributed by atoms with Crippen molar-refractivity contribution in [1.29, 1.82) is 0 Å². The van der Waals surface area contributed by atoms with Crippen LogP contribution in [0.2, 0.25) is 0 Å². The molecule has 0 heterocycles. The standard InChI is InChI=1S/C14H12O.H2O/c1-11-2-6-13(7-3-11)14-8-4-12(10-15)5-9-14;/h2-10H,1H3;1H2. The van der Waals surface area contributed by atoms with Crippen molar-refractivity contribution >= 4 is 6.29 Å². The van der Waals surface area contributed by atoms with Crippen LogP contribution >= 0.6 is 0 Å². The SMILES string of the molecule is Cc1ccc(-c2ccc(C=O)cc2)cc1.O. The van der Waals surface area contributed by atoms with Gasteiger partial charge in [0.25, 0.3) is 0 Å². The maximum Gasteiger partial charge on any atom is 0.150 e. The summed E-state index contributed by atoms with van der Waals surface area (Å²) in [4.78, 5) is 10.5. The van der Waals surface area contributed by atoms with Crippen molar-refractivity contribution in [1.82, 2.24) is 0 Å². The zero-order valence-electron chi connectivity index (χ0n) is 9.10. The van der Waals surface area contributed by atoms with Crippen LogP contribution in [0, 0.1) is 6.92 Å². The van der Waals surface area contributed by atoms with Gasteiger partial charge in [0.05, 0.1) is 0 Å². The number of aryl methyl sites for hydroxylation is 1. The highest BCUT2D eigenvalue weighted by atomic mass is 16.1. The molecule has 2 nitrogen and oxygen atoms in total. The molecule has 82 valence electrons. The number of carbonyl (C=O) groups is 1. The molecule has 2 rings (SSSR count). The van der Waals surface area contributed by atoms with Crippen molar-refractivity contribution < 1.29 is 10.3 Å². The van der Waals surface area contributed by atoms with E-state index in [4.69, 9.17) is 0 Å². The number of benzene rings is 2. The highest BCUT2D eigenvalue weighted by Crippen LogP contribution is 2.19. The van der Waals surface area contributed by atoms with Crippen LogP contribution in [0.15, 0.2) is 48.5 Å². The molecule has 0 aliphatic carbocycles. The molecule has 2 aromatic rings. The largest absolute Gasteiger partial charge is 0.412 e. The van der Waals surface area contributed by atoms with Crippen molar-refractivity contribution in [2.45, 2.75) is 6.92 Å². The maximum absolute atomic E-state index is 10.5. The summed E-state index contributed by atoms with van der Waals surface area (Å²) < 4.78 is 0. The fourth-order valence-electron chi connectivity index (χ4n) is 1.50. The molecule has 16 heavy (non-hydrogen) atoms. The molecular formula is C14H14O2. The summed E-state index contributed by atoms with van der Waals surface area (Å²) in [5.41, 5.74) is 4.28. The summed E-state index contributed by atoms with van der Waals surface area (Å²) in [5.74, 6) is 0. The predicted octanol–water partition coefficient (Wildman–Crippen LogP) is 2.65. The van der Waals surface area contributed by atoms with Gasteiger partial charge in [0.2, 0.25) is 0 Å². The van der Waals surface area contributed by atoms with Gasteiger partial charge < -0.3 is 5.48 Å². The first-order valence-electron chi connectivity index (χ1n) is 4.92.